The number of nitro groups is 1. The molecule has 0 aliphatic heterocycles. The van der Waals surface area contributed by atoms with Gasteiger partial charge < -0.3 is 10.8 Å². The van der Waals surface area contributed by atoms with Crippen molar-refractivity contribution in [2.24, 2.45) is 5.73 Å². The molecule has 0 spiro atoms. The average Bonchev–Trinajstić information content (AvgIpc) is 2.47. The van der Waals surface area contributed by atoms with E-state index in [-0.39, 0.29) is 23.7 Å². The minimum Gasteiger partial charge on any atom is -0.391 e. The van der Waals surface area contributed by atoms with E-state index in [0.29, 0.717) is 11.4 Å². The van der Waals surface area contributed by atoms with Crippen LogP contribution in [0.4, 0.5) is 5.69 Å². The SMILES string of the molecule is Cl.N[C@H](c1cc(Cl)ccc1[N+](=O)[O-])[C@@H](O)Cc1ccccc1. The van der Waals surface area contributed by atoms with E-state index in [2.05, 4.69) is 0 Å². The summed E-state index contributed by atoms with van der Waals surface area (Å²) in [6.45, 7) is 0. The third-order valence-corrected chi connectivity index (χ3v) is 3.48. The van der Waals surface area contributed by atoms with Gasteiger partial charge in [-0.25, -0.2) is 0 Å². The molecule has 0 bridgehead atoms. The molecule has 3 N–H and O–H groups in total. The molecule has 0 amide bonds. The van der Waals surface area contributed by atoms with Gasteiger partial charge in [-0.1, -0.05) is 41.9 Å². The summed E-state index contributed by atoms with van der Waals surface area (Å²) in [7, 11) is 0. The maximum Gasteiger partial charge on any atom is 0.274 e. The highest BCUT2D eigenvalue weighted by Gasteiger charge is 2.25. The molecule has 2 rings (SSSR count). The summed E-state index contributed by atoms with van der Waals surface area (Å²) in [5.41, 5.74) is 6.98. The van der Waals surface area contributed by atoms with E-state index in [1.54, 1.807) is 0 Å². The maximum absolute atomic E-state index is 11.0. The summed E-state index contributed by atoms with van der Waals surface area (Å²) in [4.78, 5) is 10.5. The molecular formula is C15H16Cl2N2O3. The van der Waals surface area contributed by atoms with Crippen LogP contribution in [0, 0.1) is 10.1 Å². The molecule has 2 aromatic rings. The van der Waals surface area contributed by atoms with Crippen molar-refractivity contribution in [2.45, 2.75) is 18.6 Å². The molecule has 0 aliphatic carbocycles. The lowest BCUT2D eigenvalue weighted by molar-refractivity contribution is -0.385. The summed E-state index contributed by atoms with van der Waals surface area (Å²) in [6.07, 6.45) is -0.629. The Balaban J connectivity index is 0.00000242. The second-order valence-electron chi connectivity index (χ2n) is 4.74. The Kier molecular flexibility index (Phi) is 6.77. The Hall–Kier alpha value is -1.66. The fourth-order valence-electron chi connectivity index (χ4n) is 2.15. The van der Waals surface area contributed by atoms with E-state index < -0.39 is 17.1 Å². The Bertz CT molecular complexity index is 638. The lowest BCUT2D eigenvalue weighted by Crippen LogP contribution is -2.28. The van der Waals surface area contributed by atoms with Crippen LogP contribution in [-0.2, 0) is 6.42 Å². The van der Waals surface area contributed by atoms with Gasteiger partial charge in [0.05, 0.1) is 22.6 Å². The van der Waals surface area contributed by atoms with E-state index in [0.717, 1.165) is 5.56 Å². The lowest BCUT2D eigenvalue weighted by Gasteiger charge is -2.19. The van der Waals surface area contributed by atoms with Crippen molar-refractivity contribution >= 4 is 29.7 Å². The van der Waals surface area contributed by atoms with Crippen LogP contribution in [0.2, 0.25) is 5.02 Å². The predicted octanol–water partition coefficient (Wildman–Crippen LogP) is 3.27. The van der Waals surface area contributed by atoms with Crippen LogP contribution in [0.3, 0.4) is 0 Å². The van der Waals surface area contributed by atoms with Crippen molar-refractivity contribution < 1.29 is 10.0 Å². The number of nitrogens with zero attached hydrogens (tertiary/aromatic N) is 1. The first-order chi connectivity index (χ1) is 9.99. The van der Waals surface area contributed by atoms with E-state index >= 15 is 0 Å². The molecule has 0 fully saturated rings. The molecule has 118 valence electrons. The highest BCUT2D eigenvalue weighted by Crippen LogP contribution is 2.29. The number of benzene rings is 2. The molecule has 22 heavy (non-hydrogen) atoms. The van der Waals surface area contributed by atoms with Crippen LogP contribution in [0.1, 0.15) is 17.2 Å². The molecule has 2 atom stereocenters. The number of hydrogen-bond donors (Lipinski definition) is 2. The zero-order chi connectivity index (χ0) is 15.4. The van der Waals surface area contributed by atoms with Gasteiger partial charge in [-0.3, -0.25) is 10.1 Å². The minimum atomic E-state index is -0.940. The normalized spacial score (nSPS) is 13.0. The van der Waals surface area contributed by atoms with Gasteiger partial charge in [0.1, 0.15) is 0 Å². The summed E-state index contributed by atoms with van der Waals surface area (Å²) in [5, 5.41) is 21.6. The highest BCUT2D eigenvalue weighted by atomic mass is 35.5. The Morgan fingerprint density at radius 3 is 2.45 bits per heavy atom. The minimum absolute atomic E-state index is 0. The average molecular weight is 343 g/mol. The summed E-state index contributed by atoms with van der Waals surface area (Å²) in [6, 6.07) is 12.6. The first kappa shape index (κ1) is 18.4. The predicted molar refractivity (Wildman–Crippen MR) is 88.4 cm³/mol. The third-order valence-electron chi connectivity index (χ3n) is 3.25. The fraction of sp³-hybridized carbons (Fsp3) is 0.200. The Morgan fingerprint density at radius 2 is 1.86 bits per heavy atom. The van der Waals surface area contributed by atoms with Gasteiger partial charge in [-0.2, -0.15) is 0 Å². The van der Waals surface area contributed by atoms with Gasteiger partial charge >= 0.3 is 0 Å². The number of aliphatic hydroxyl groups is 1. The topological polar surface area (TPSA) is 89.4 Å². The van der Waals surface area contributed by atoms with Gasteiger partial charge in [-0.15, -0.1) is 12.4 Å². The van der Waals surface area contributed by atoms with Gasteiger partial charge in [0, 0.05) is 17.5 Å². The van der Waals surface area contributed by atoms with E-state index in [4.69, 9.17) is 17.3 Å². The molecule has 0 saturated carbocycles. The van der Waals surface area contributed by atoms with Gasteiger partial charge in [-0.05, 0) is 17.7 Å². The van der Waals surface area contributed by atoms with Gasteiger partial charge in [0.25, 0.3) is 5.69 Å². The quantitative estimate of drug-likeness (QED) is 0.644. The van der Waals surface area contributed by atoms with Crippen LogP contribution in [0.15, 0.2) is 48.5 Å². The van der Waals surface area contributed by atoms with Crippen molar-refractivity contribution in [1.82, 2.24) is 0 Å². The van der Waals surface area contributed by atoms with Gasteiger partial charge in [0.15, 0.2) is 0 Å². The molecular weight excluding hydrogens is 327 g/mol. The summed E-state index contributed by atoms with van der Waals surface area (Å²) in [5.74, 6) is 0. The van der Waals surface area contributed by atoms with Crippen LogP contribution in [0.5, 0.6) is 0 Å². The molecule has 5 nitrogen and oxygen atoms in total. The zero-order valence-corrected chi connectivity index (χ0v) is 13.1. The standard InChI is InChI=1S/C15H15ClN2O3.ClH/c16-11-6-7-13(18(20)21)12(9-11)15(17)14(19)8-10-4-2-1-3-5-10;/h1-7,9,14-15,19H,8,17H2;1H/t14-,15+;/m0./s1. The molecule has 0 aliphatic rings. The Labute approximate surface area is 139 Å². The number of aliphatic hydroxyl groups excluding tert-OH is 1. The molecule has 0 heterocycles. The number of rotatable bonds is 5. The van der Waals surface area contributed by atoms with E-state index in [1.165, 1.54) is 18.2 Å². The molecule has 7 heteroatoms. The largest absolute Gasteiger partial charge is 0.391 e. The van der Waals surface area contributed by atoms with Crippen LogP contribution in [-0.4, -0.2) is 16.1 Å². The summed E-state index contributed by atoms with van der Waals surface area (Å²) < 4.78 is 0. The zero-order valence-electron chi connectivity index (χ0n) is 11.6. The van der Waals surface area contributed by atoms with Crippen molar-refractivity contribution in [2.75, 3.05) is 0 Å². The maximum atomic E-state index is 11.0. The van der Waals surface area contributed by atoms with Crippen molar-refractivity contribution in [1.29, 1.82) is 0 Å². The van der Waals surface area contributed by atoms with Gasteiger partial charge in [0.2, 0.25) is 0 Å². The van der Waals surface area contributed by atoms with E-state index in [1.807, 2.05) is 30.3 Å². The van der Waals surface area contributed by atoms with Crippen LogP contribution in [0.25, 0.3) is 0 Å². The molecule has 0 radical (unpaired) electrons. The summed E-state index contributed by atoms with van der Waals surface area (Å²) >= 11 is 5.87. The highest BCUT2D eigenvalue weighted by molar-refractivity contribution is 6.30. The lowest BCUT2D eigenvalue weighted by atomic mass is 9.96. The smallest absolute Gasteiger partial charge is 0.274 e. The van der Waals surface area contributed by atoms with E-state index in [9.17, 15) is 15.2 Å². The first-order valence-corrected chi connectivity index (χ1v) is 6.78. The first-order valence-electron chi connectivity index (χ1n) is 6.40. The molecule has 0 saturated heterocycles. The van der Waals surface area contributed by atoms with Crippen molar-refractivity contribution in [3.05, 3.63) is 74.8 Å². The fourth-order valence-corrected chi connectivity index (χ4v) is 2.33. The molecule has 2 aromatic carbocycles. The second-order valence-corrected chi connectivity index (χ2v) is 5.18. The Morgan fingerprint density at radius 1 is 1.23 bits per heavy atom. The van der Waals surface area contributed by atoms with Crippen LogP contribution < -0.4 is 5.73 Å². The van der Waals surface area contributed by atoms with Crippen molar-refractivity contribution in [3.63, 3.8) is 0 Å². The van der Waals surface area contributed by atoms with Crippen LogP contribution >= 0.6 is 24.0 Å². The molecule has 0 aromatic heterocycles. The number of nitro benzene ring substituents is 1. The number of hydrogen-bond acceptors (Lipinski definition) is 4. The van der Waals surface area contributed by atoms with Crippen molar-refractivity contribution in [3.8, 4) is 0 Å². The molecule has 0 unspecified atom stereocenters. The third kappa shape index (κ3) is 4.42. The number of halogens is 2. The number of nitrogens with two attached hydrogens (primary N) is 1. The second kappa shape index (κ2) is 8.10. The monoisotopic (exact) mass is 342 g/mol.